The van der Waals surface area contributed by atoms with Gasteiger partial charge in [0.25, 0.3) is 5.91 Å². The molecule has 1 aliphatic carbocycles. The van der Waals surface area contributed by atoms with Gasteiger partial charge in [-0.3, -0.25) is 15.3 Å². The van der Waals surface area contributed by atoms with Crippen molar-refractivity contribution in [2.45, 2.75) is 19.3 Å². The molecule has 0 unspecified atom stereocenters. The Labute approximate surface area is 92.5 Å². The number of H-pyrrole nitrogens is 1. The molecule has 1 aromatic heterocycles. The van der Waals surface area contributed by atoms with E-state index in [4.69, 9.17) is 5.73 Å². The average Bonchev–Trinajstić information content (AvgIpc) is 2.90. The molecule has 0 saturated carbocycles. The largest absolute Gasteiger partial charge is 0.384 e. The van der Waals surface area contributed by atoms with E-state index < -0.39 is 0 Å². The number of carbonyl (C=O) groups is 1. The van der Waals surface area contributed by atoms with Crippen LogP contribution in [0.15, 0.2) is 11.9 Å². The highest BCUT2D eigenvalue weighted by Crippen LogP contribution is 2.23. The molecule has 2 heterocycles. The second-order valence-electron chi connectivity index (χ2n) is 4.07. The number of rotatable bonds is 1. The summed E-state index contributed by atoms with van der Waals surface area (Å²) in [5.41, 5.74) is 11.1. The molecular formula is C10H13N5O. The fraction of sp³-hybridized carbons (Fsp3) is 0.400. The maximum absolute atomic E-state index is 12.1. The van der Waals surface area contributed by atoms with Crippen molar-refractivity contribution < 1.29 is 4.79 Å². The van der Waals surface area contributed by atoms with Gasteiger partial charge in [-0.2, -0.15) is 5.10 Å². The lowest BCUT2D eigenvalue weighted by Crippen LogP contribution is -2.39. The maximum Gasteiger partial charge on any atom is 0.293 e. The third kappa shape index (κ3) is 1.26. The van der Waals surface area contributed by atoms with Crippen LogP contribution in [0.25, 0.3) is 0 Å². The number of aromatic nitrogens is 2. The summed E-state index contributed by atoms with van der Waals surface area (Å²) in [6.07, 6.45) is 4.79. The van der Waals surface area contributed by atoms with Crippen LogP contribution in [0.2, 0.25) is 0 Å². The third-order valence-electron chi connectivity index (χ3n) is 3.01. The van der Waals surface area contributed by atoms with Crippen molar-refractivity contribution in [2.75, 3.05) is 6.54 Å². The molecule has 84 valence electrons. The van der Waals surface area contributed by atoms with Gasteiger partial charge in [-0.25, -0.2) is 5.01 Å². The molecule has 1 aliphatic heterocycles. The van der Waals surface area contributed by atoms with Crippen LogP contribution < -0.4 is 11.2 Å². The molecule has 2 aliphatic rings. The van der Waals surface area contributed by atoms with E-state index in [2.05, 4.69) is 15.6 Å². The highest BCUT2D eigenvalue weighted by Gasteiger charge is 2.27. The van der Waals surface area contributed by atoms with Crippen molar-refractivity contribution >= 4 is 5.91 Å². The van der Waals surface area contributed by atoms with Crippen molar-refractivity contribution in [2.24, 2.45) is 5.73 Å². The highest BCUT2D eigenvalue weighted by molar-refractivity contribution is 5.94. The monoisotopic (exact) mass is 219 g/mol. The van der Waals surface area contributed by atoms with E-state index in [9.17, 15) is 4.79 Å². The molecule has 1 aromatic rings. The Hall–Kier alpha value is -1.98. The second-order valence-corrected chi connectivity index (χ2v) is 4.07. The van der Waals surface area contributed by atoms with Crippen LogP contribution in [0.3, 0.4) is 0 Å². The van der Waals surface area contributed by atoms with E-state index in [1.165, 1.54) is 5.01 Å². The number of aromatic amines is 1. The number of nitrogens with one attached hydrogen (secondary N) is 2. The molecule has 0 atom stereocenters. The fourth-order valence-electron chi connectivity index (χ4n) is 2.19. The van der Waals surface area contributed by atoms with Gasteiger partial charge in [0, 0.05) is 11.3 Å². The first kappa shape index (κ1) is 9.26. The molecule has 0 aromatic carbocycles. The average molecular weight is 219 g/mol. The van der Waals surface area contributed by atoms with Crippen LogP contribution in [0.1, 0.15) is 28.2 Å². The minimum absolute atomic E-state index is 0.115. The lowest BCUT2D eigenvalue weighted by Gasteiger charge is -2.16. The van der Waals surface area contributed by atoms with Crippen molar-refractivity contribution in [1.29, 1.82) is 0 Å². The fourth-order valence-corrected chi connectivity index (χ4v) is 2.19. The third-order valence-corrected chi connectivity index (χ3v) is 3.01. The molecule has 3 rings (SSSR count). The smallest absolute Gasteiger partial charge is 0.293 e. The van der Waals surface area contributed by atoms with Crippen LogP contribution in [0, 0.1) is 0 Å². The SMILES string of the molecule is NC1=CCN(C(=O)c2n[nH]c3c2CCC3)N1. The number of nitrogens with two attached hydrogens (primary N) is 1. The predicted octanol–water partition coefficient (Wildman–Crippen LogP) is -0.341. The Morgan fingerprint density at radius 1 is 1.50 bits per heavy atom. The normalized spacial score (nSPS) is 18.2. The van der Waals surface area contributed by atoms with E-state index in [0.29, 0.717) is 18.1 Å². The molecule has 6 nitrogen and oxygen atoms in total. The molecule has 6 heteroatoms. The molecule has 0 bridgehead atoms. The van der Waals surface area contributed by atoms with E-state index in [1.54, 1.807) is 6.08 Å². The number of fused-ring (bicyclic) bond motifs is 1. The van der Waals surface area contributed by atoms with Crippen LogP contribution >= 0.6 is 0 Å². The Kier molecular flexibility index (Phi) is 1.89. The second kappa shape index (κ2) is 3.26. The van der Waals surface area contributed by atoms with Gasteiger partial charge in [-0.15, -0.1) is 0 Å². The number of hydrogen-bond acceptors (Lipinski definition) is 4. The molecule has 0 radical (unpaired) electrons. The summed E-state index contributed by atoms with van der Waals surface area (Å²) >= 11 is 0. The number of amides is 1. The van der Waals surface area contributed by atoms with E-state index in [-0.39, 0.29) is 5.91 Å². The standard InChI is InChI=1S/C10H13N5O/c11-8-4-5-15(14-8)10(16)9-6-2-1-3-7(6)12-13-9/h4,14H,1-3,5,11H2,(H,12,13). The summed E-state index contributed by atoms with van der Waals surface area (Å²) in [6, 6.07) is 0. The maximum atomic E-state index is 12.1. The lowest BCUT2D eigenvalue weighted by molar-refractivity contribution is 0.0723. The van der Waals surface area contributed by atoms with Crippen molar-refractivity contribution in [3.63, 3.8) is 0 Å². The summed E-state index contributed by atoms with van der Waals surface area (Å²) in [5, 5.41) is 8.49. The highest BCUT2D eigenvalue weighted by atomic mass is 16.2. The predicted molar refractivity (Wildman–Crippen MR) is 57.1 cm³/mol. The van der Waals surface area contributed by atoms with Gasteiger partial charge < -0.3 is 5.73 Å². The molecular weight excluding hydrogens is 206 g/mol. The van der Waals surface area contributed by atoms with Crippen molar-refractivity contribution in [3.8, 4) is 0 Å². The van der Waals surface area contributed by atoms with Gasteiger partial charge in [-0.1, -0.05) is 0 Å². The minimum Gasteiger partial charge on any atom is -0.384 e. The van der Waals surface area contributed by atoms with Gasteiger partial charge in [0.1, 0.15) is 5.82 Å². The van der Waals surface area contributed by atoms with Gasteiger partial charge in [0.2, 0.25) is 0 Å². The van der Waals surface area contributed by atoms with Crippen LogP contribution in [0.5, 0.6) is 0 Å². The summed E-state index contributed by atoms with van der Waals surface area (Å²) in [7, 11) is 0. The molecule has 0 fully saturated rings. The van der Waals surface area contributed by atoms with Crippen molar-refractivity contribution in [3.05, 3.63) is 28.8 Å². The summed E-state index contributed by atoms with van der Waals surface area (Å²) in [5.74, 6) is 0.400. The van der Waals surface area contributed by atoms with E-state index in [0.717, 1.165) is 30.5 Å². The van der Waals surface area contributed by atoms with Crippen LogP contribution in [-0.2, 0) is 12.8 Å². The van der Waals surface area contributed by atoms with Crippen molar-refractivity contribution in [1.82, 2.24) is 20.6 Å². The van der Waals surface area contributed by atoms with Crippen LogP contribution in [0.4, 0.5) is 0 Å². The Morgan fingerprint density at radius 2 is 2.38 bits per heavy atom. The molecule has 0 saturated heterocycles. The zero-order chi connectivity index (χ0) is 11.1. The zero-order valence-electron chi connectivity index (χ0n) is 8.79. The number of nitrogens with zero attached hydrogens (tertiary/aromatic N) is 2. The van der Waals surface area contributed by atoms with E-state index >= 15 is 0 Å². The molecule has 16 heavy (non-hydrogen) atoms. The quantitative estimate of drug-likeness (QED) is 0.603. The number of aryl methyl sites for hydroxylation is 1. The Bertz CT molecular complexity index is 476. The van der Waals surface area contributed by atoms with Crippen LogP contribution in [-0.4, -0.2) is 27.7 Å². The molecule has 4 N–H and O–H groups in total. The first-order chi connectivity index (χ1) is 7.75. The first-order valence-electron chi connectivity index (χ1n) is 5.36. The minimum atomic E-state index is -0.115. The number of carbonyl (C=O) groups excluding carboxylic acids is 1. The zero-order valence-corrected chi connectivity index (χ0v) is 8.79. The molecule has 1 amide bonds. The Balaban J connectivity index is 1.85. The van der Waals surface area contributed by atoms with Gasteiger partial charge >= 0.3 is 0 Å². The summed E-state index contributed by atoms with van der Waals surface area (Å²) < 4.78 is 0. The number of hydrogen-bond donors (Lipinski definition) is 3. The molecule has 0 spiro atoms. The topological polar surface area (TPSA) is 87.0 Å². The van der Waals surface area contributed by atoms with Gasteiger partial charge in [-0.05, 0) is 25.3 Å². The van der Waals surface area contributed by atoms with Gasteiger partial charge in [0.15, 0.2) is 5.69 Å². The summed E-state index contributed by atoms with van der Waals surface area (Å²) in [4.78, 5) is 12.1. The first-order valence-corrected chi connectivity index (χ1v) is 5.36. The Morgan fingerprint density at radius 3 is 3.12 bits per heavy atom. The lowest BCUT2D eigenvalue weighted by atomic mass is 10.2. The summed E-state index contributed by atoms with van der Waals surface area (Å²) in [6.45, 7) is 0.492. The van der Waals surface area contributed by atoms with E-state index in [1.807, 2.05) is 0 Å². The number of hydrazine groups is 1. The van der Waals surface area contributed by atoms with Gasteiger partial charge in [0.05, 0.1) is 6.54 Å².